The van der Waals surface area contributed by atoms with E-state index in [-0.39, 0.29) is 24.8 Å². The number of pyridine rings is 1. The summed E-state index contributed by atoms with van der Waals surface area (Å²) in [6, 6.07) is 15.7. The van der Waals surface area contributed by atoms with Crippen LogP contribution >= 0.6 is 88.5 Å². The third-order valence-electron chi connectivity index (χ3n) is 3.46. The fourth-order valence-corrected chi connectivity index (χ4v) is 4.53. The summed E-state index contributed by atoms with van der Waals surface area (Å²) in [5.41, 5.74) is 3.80. The number of rotatable bonds is 3. The summed E-state index contributed by atoms with van der Waals surface area (Å²) >= 11 is 17.4. The van der Waals surface area contributed by atoms with Crippen LogP contribution in [0.5, 0.6) is 0 Å². The van der Waals surface area contributed by atoms with Gasteiger partial charge in [0.05, 0.1) is 5.69 Å². The Morgan fingerprint density at radius 3 is 1.74 bits per heavy atom. The second-order valence-corrected chi connectivity index (χ2v) is 10.1. The normalized spacial score (nSPS) is 10.9. The van der Waals surface area contributed by atoms with Crippen molar-refractivity contribution >= 4 is 110 Å². The number of hydrogen-bond acceptors (Lipinski definition) is 3. The molecule has 3 rings (SSSR count). The predicted octanol–water partition coefficient (Wildman–Crippen LogP) is 9.40. The van der Waals surface area contributed by atoms with E-state index in [0.29, 0.717) is 0 Å². The van der Waals surface area contributed by atoms with Gasteiger partial charge >= 0.3 is 97.2 Å². The van der Waals surface area contributed by atoms with Crippen molar-refractivity contribution in [2.75, 3.05) is 0 Å². The predicted molar refractivity (Wildman–Crippen MR) is 147 cm³/mol. The Kier molecular flexibility index (Phi) is 15.7. The number of benzene rings is 2. The van der Waals surface area contributed by atoms with Crippen LogP contribution < -0.4 is 0 Å². The van der Waals surface area contributed by atoms with Crippen molar-refractivity contribution in [3.05, 3.63) is 84.4 Å². The number of aromatic nitrogens is 1. The van der Waals surface area contributed by atoms with E-state index in [2.05, 4.69) is 94.7 Å². The third kappa shape index (κ3) is 11.1. The first-order valence-electron chi connectivity index (χ1n) is 8.31. The summed E-state index contributed by atoms with van der Waals surface area (Å²) in [5.74, 6) is 0. The summed E-state index contributed by atoms with van der Waals surface area (Å²) in [6.07, 6.45) is 3.57. The van der Waals surface area contributed by atoms with Crippen LogP contribution in [0.4, 0.5) is 11.4 Å². The Bertz CT molecular complexity index is 1040. The number of nitrogens with zero attached hydrogens (tertiary/aromatic N) is 3. The van der Waals surface area contributed by atoms with Crippen molar-refractivity contribution in [1.29, 1.82) is 0 Å². The van der Waals surface area contributed by atoms with Crippen LogP contribution in [0.2, 0.25) is 0 Å². The van der Waals surface area contributed by atoms with Gasteiger partial charge in [0.25, 0.3) is 0 Å². The minimum absolute atomic E-state index is 0. The van der Waals surface area contributed by atoms with E-state index < -0.39 is 0 Å². The standard InChI is InChI=1S/C13H10Br2N2.C8H6Br2N.2ClH.Fe/c1-9(10-3-2-6-16-8-10)17-13-5-4-11(14)7-12(13)15;1-2-11-8-4-3-6(9)5-7(8)10;;;/h2-8H,1H3;3-5H,1H3;2*1H;. The molecule has 3 aromatic rings. The molecule has 0 fully saturated rings. The minimum atomic E-state index is 0. The van der Waals surface area contributed by atoms with E-state index in [9.17, 15) is 0 Å². The Balaban J connectivity index is 0.000000575. The van der Waals surface area contributed by atoms with Crippen molar-refractivity contribution in [3.63, 3.8) is 0 Å². The van der Waals surface area contributed by atoms with Crippen molar-refractivity contribution in [2.45, 2.75) is 13.8 Å². The van der Waals surface area contributed by atoms with Gasteiger partial charge in [-0.15, -0.1) is 24.8 Å². The van der Waals surface area contributed by atoms with Crippen LogP contribution in [0.1, 0.15) is 19.4 Å². The van der Waals surface area contributed by atoms with Crippen LogP contribution in [-0.4, -0.2) is 15.3 Å². The first-order chi connectivity index (χ1) is 13.8. The molecule has 0 radical (unpaired) electrons. The molecule has 10 heteroatoms. The second-order valence-electron chi connectivity index (χ2n) is 5.72. The van der Waals surface area contributed by atoms with Crippen molar-refractivity contribution < 1.29 is 16.0 Å². The molecule has 1 aromatic heterocycles. The van der Waals surface area contributed by atoms with Crippen LogP contribution in [0.3, 0.4) is 0 Å². The van der Waals surface area contributed by atoms with Gasteiger partial charge in [-0.3, -0.25) is 9.98 Å². The van der Waals surface area contributed by atoms with Crippen LogP contribution in [0.25, 0.3) is 0 Å². The summed E-state index contributed by atoms with van der Waals surface area (Å²) in [4.78, 5) is 12.9. The van der Waals surface area contributed by atoms with Gasteiger partial charge in [-0.1, -0.05) is 22.0 Å². The van der Waals surface area contributed by atoms with Gasteiger partial charge in [0.2, 0.25) is 0 Å². The third-order valence-corrected chi connectivity index (χ3v) is 5.84. The molecular weight excluding hydrogens is 741 g/mol. The van der Waals surface area contributed by atoms with E-state index in [0.717, 1.165) is 45.2 Å². The molecule has 1 heterocycles. The average molecular weight is 759 g/mol. The smallest absolute Gasteiger partial charge is 0.147 e. The monoisotopic (exact) mass is 754 g/mol. The molecule has 0 aliphatic carbocycles. The molecular formula is C21H18Br4Cl2FeN3. The number of halogens is 6. The average Bonchev–Trinajstić information content (AvgIpc) is 2.67. The molecule has 0 aliphatic rings. The van der Waals surface area contributed by atoms with Gasteiger partial charge in [0.1, 0.15) is 0 Å². The van der Waals surface area contributed by atoms with E-state index >= 15 is 0 Å². The van der Waals surface area contributed by atoms with Gasteiger partial charge in [-0.05, 0) is 47.1 Å². The van der Waals surface area contributed by atoms with Crippen molar-refractivity contribution in [3.8, 4) is 0 Å². The first-order valence-corrected chi connectivity index (χ1v) is 12.0. The zero-order valence-electron chi connectivity index (χ0n) is 16.3. The Labute approximate surface area is 237 Å². The van der Waals surface area contributed by atoms with E-state index in [4.69, 9.17) is 0 Å². The Morgan fingerprint density at radius 2 is 1.32 bits per heavy atom. The van der Waals surface area contributed by atoms with Gasteiger partial charge < -0.3 is 0 Å². The van der Waals surface area contributed by atoms with E-state index in [1.807, 2.05) is 68.6 Å². The second kappa shape index (κ2) is 15.7. The summed E-state index contributed by atoms with van der Waals surface area (Å²) < 4.78 is 4.81. The zero-order valence-corrected chi connectivity index (χ0v) is 25.4. The Morgan fingerprint density at radius 1 is 0.806 bits per heavy atom. The number of hydrogen-bond donors (Lipinski definition) is 0. The Hall–Kier alpha value is -0.0505. The molecule has 0 atom stereocenters. The summed E-state index contributed by atoms with van der Waals surface area (Å²) in [5, 5.41) is 0. The fourth-order valence-electron chi connectivity index (χ4n) is 2.13. The van der Waals surface area contributed by atoms with E-state index in [1.54, 1.807) is 6.20 Å². The molecule has 0 aliphatic heterocycles. The maximum absolute atomic E-state index is 4.58. The fraction of sp³-hybridized carbons (Fsp3) is 0.0952. The molecule has 0 amide bonds. The topological polar surface area (TPSA) is 37.6 Å². The van der Waals surface area contributed by atoms with Gasteiger partial charge in [-0.2, -0.15) is 0 Å². The molecule has 167 valence electrons. The van der Waals surface area contributed by atoms with Crippen LogP contribution in [0.15, 0.2) is 88.8 Å². The molecule has 0 spiro atoms. The molecule has 0 bridgehead atoms. The largest absolute Gasteiger partial charge is 0.147 e. The van der Waals surface area contributed by atoms with Crippen molar-refractivity contribution in [2.24, 2.45) is 9.98 Å². The molecule has 2 aromatic carbocycles. The maximum Gasteiger partial charge on any atom is -0.147 e. The number of aliphatic imine (C=N–C) groups is 2. The van der Waals surface area contributed by atoms with Gasteiger partial charge in [0.15, 0.2) is 0 Å². The van der Waals surface area contributed by atoms with Gasteiger partial charge in [-0.25, -0.2) is 0 Å². The molecule has 31 heavy (non-hydrogen) atoms. The van der Waals surface area contributed by atoms with Crippen LogP contribution in [-0.2, 0) is 16.0 Å². The maximum atomic E-state index is 4.58. The SMILES string of the molecule is CC(=Nc1ccc(Br)cc1Br)c1cccnc1.C[C]([Fe])=Nc1ccc(Br)cc1Br.Cl.Cl. The van der Waals surface area contributed by atoms with Crippen LogP contribution in [0, 0.1) is 0 Å². The molecule has 0 N–H and O–H groups in total. The van der Waals surface area contributed by atoms with Crippen molar-refractivity contribution in [1.82, 2.24) is 4.98 Å². The quantitative estimate of drug-likeness (QED) is 0.194. The summed E-state index contributed by atoms with van der Waals surface area (Å²) in [6.45, 7) is 3.85. The van der Waals surface area contributed by atoms with Gasteiger partial charge in [0, 0.05) is 32.6 Å². The zero-order chi connectivity index (χ0) is 21.4. The molecule has 0 saturated carbocycles. The summed E-state index contributed by atoms with van der Waals surface area (Å²) in [7, 11) is 0. The molecule has 0 unspecified atom stereocenters. The molecule has 0 saturated heterocycles. The minimum Gasteiger partial charge on any atom is -0.147 e. The molecule has 3 nitrogen and oxygen atoms in total. The van der Waals surface area contributed by atoms with E-state index in [1.165, 1.54) is 0 Å². The first kappa shape index (κ1) is 30.9.